The Labute approximate surface area is 72.7 Å². The zero-order chi connectivity index (χ0) is 8.97. The van der Waals surface area contributed by atoms with Gasteiger partial charge in [-0.1, -0.05) is 0 Å². The summed E-state index contributed by atoms with van der Waals surface area (Å²) in [4.78, 5) is 5.26. The van der Waals surface area contributed by atoms with Gasteiger partial charge in [-0.25, -0.2) is 0 Å². The summed E-state index contributed by atoms with van der Waals surface area (Å²) in [6.45, 7) is 2.62. The van der Waals surface area contributed by atoms with Crippen molar-refractivity contribution in [3.63, 3.8) is 0 Å². The quantitative estimate of drug-likeness (QED) is 0.548. The number of hydrogen-bond donors (Lipinski definition) is 1. The molecule has 0 heterocycles. The first-order valence-electron chi connectivity index (χ1n) is 3.96. The van der Waals surface area contributed by atoms with Crippen molar-refractivity contribution in [2.24, 2.45) is 0 Å². The predicted octanol–water partition coefficient (Wildman–Crippen LogP) is 1.66. The molecule has 0 spiro atoms. The van der Waals surface area contributed by atoms with Crippen LogP contribution in [0.1, 0.15) is 6.92 Å². The molecule has 0 aliphatic rings. The van der Waals surface area contributed by atoms with Gasteiger partial charge in [0, 0.05) is 12.7 Å². The fraction of sp³-hybridized carbons (Fsp3) is 0.333. The third-order valence-electron chi connectivity index (χ3n) is 1.58. The normalized spacial score (nSPS) is 9.83. The van der Waals surface area contributed by atoms with Gasteiger partial charge >= 0.3 is 0 Å². The van der Waals surface area contributed by atoms with Crippen molar-refractivity contribution >= 4 is 11.4 Å². The molecule has 3 heteroatoms. The molecule has 0 bridgehead atoms. The first-order valence-corrected chi connectivity index (χ1v) is 3.96. The van der Waals surface area contributed by atoms with Crippen LogP contribution in [-0.2, 0) is 4.84 Å². The van der Waals surface area contributed by atoms with Crippen molar-refractivity contribution in [1.29, 1.82) is 0 Å². The monoisotopic (exact) mass is 166 g/mol. The Morgan fingerprint density at radius 3 is 2.42 bits per heavy atom. The summed E-state index contributed by atoms with van der Waals surface area (Å²) in [5.74, 6) is 0. The summed E-state index contributed by atoms with van der Waals surface area (Å²) in [5.41, 5.74) is 7.31. The maximum Gasteiger partial charge on any atom is 0.0720 e. The Balaban J connectivity index is 2.68. The van der Waals surface area contributed by atoms with Gasteiger partial charge in [0.2, 0.25) is 0 Å². The van der Waals surface area contributed by atoms with E-state index in [0.717, 1.165) is 11.4 Å². The first kappa shape index (κ1) is 8.87. The van der Waals surface area contributed by atoms with Crippen LogP contribution in [-0.4, -0.2) is 13.7 Å². The summed E-state index contributed by atoms with van der Waals surface area (Å²) in [6.07, 6.45) is 0. The Hall–Kier alpha value is -1.22. The number of rotatable bonds is 3. The van der Waals surface area contributed by atoms with Gasteiger partial charge in [-0.05, 0) is 31.2 Å². The smallest absolute Gasteiger partial charge is 0.0720 e. The highest BCUT2D eigenvalue weighted by atomic mass is 16.7. The van der Waals surface area contributed by atoms with Crippen molar-refractivity contribution in [1.82, 2.24) is 0 Å². The third-order valence-corrected chi connectivity index (χ3v) is 1.58. The molecule has 66 valence electrons. The van der Waals surface area contributed by atoms with E-state index < -0.39 is 0 Å². The predicted molar refractivity (Wildman–Crippen MR) is 50.9 cm³/mol. The van der Waals surface area contributed by atoms with Crippen LogP contribution in [0.3, 0.4) is 0 Å². The molecule has 0 radical (unpaired) electrons. The van der Waals surface area contributed by atoms with Crippen molar-refractivity contribution in [3.8, 4) is 0 Å². The van der Waals surface area contributed by atoms with Gasteiger partial charge in [-0.15, -0.1) is 0 Å². The highest BCUT2D eigenvalue weighted by Gasteiger charge is 1.97. The van der Waals surface area contributed by atoms with E-state index in [1.807, 2.05) is 38.2 Å². The number of hydrogen-bond acceptors (Lipinski definition) is 3. The highest BCUT2D eigenvalue weighted by Crippen LogP contribution is 2.14. The average Bonchev–Trinajstić information content (AvgIpc) is 2.06. The standard InChI is InChI=1S/C9H14N2O/c1-3-12-11(2)9-6-4-8(10)5-7-9/h4-7H,3,10H2,1-2H3. The van der Waals surface area contributed by atoms with Gasteiger partial charge in [-0.3, -0.25) is 9.90 Å². The van der Waals surface area contributed by atoms with Crippen LogP contribution >= 0.6 is 0 Å². The lowest BCUT2D eigenvalue weighted by Gasteiger charge is -2.17. The molecule has 0 unspecified atom stereocenters. The summed E-state index contributed by atoms with van der Waals surface area (Å²) >= 11 is 0. The Morgan fingerprint density at radius 1 is 1.33 bits per heavy atom. The van der Waals surface area contributed by atoms with Crippen molar-refractivity contribution in [3.05, 3.63) is 24.3 Å². The molecule has 0 fully saturated rings. The van der Waals surface area contributed by atoms with E-state index in [4.69, 9.17) is 10.6 Å². The first-order chi connectivity index (χ1) is 5.74. The fourth-order valence-corrected chi connectivity index (χ4v) is 0.952. The van der Waals surface area contributed by atoms with Gasteiger partial charge < -0.3 is 5.73 Å². The van der Waals surface area contributed by atoms with Gasteiger partial charge in [0.05, 0.1) is 12.3 Å². The second-order valence-electron chi connectivity index (χ2n) is 2.51. The van der Waals surface area contributed by atoms with Crippen LogP contribution in [0.15, 0.2) is 24.3 Å². The average molecular weight is 166 g/mol. The van der Waals surface area contributed by atoms with Crippen LogP contribution in [0, 0.1) is 0 Å². The summed E-state index contributed by atoms with van der Waals surface area (Å²) < 4.78 is 0. The molecule has 2 N–H and O–H groups in total. The summed E-state index contributed by atoms with van der Waals surface area (Å²) in [6, 6.07) is 7.55. The van der Waals surface area contributed by atoms with Gasteiger partial charge in [0.1, 0.15) is 0 Å². The lowest BCUT2D eigenvalue weighted by molar-refractivity contribution is 0.135. The molecule has 3 nitrogen and oxygen atoms in total. The number of nitrogens with zero attached hydrogens (tertiary/aromatic N) is 1. The molecule has 12 heavy (non-hydrogen) atoms. The van der Waals surface area contributed by atoms with Gasteiger partial charge in [0.25, 0.3) is 0 Å². The van der Waals surface area contributed by atoms with Crippen LogP contribution < -0.4 is 10.8 Å². The summed E-state index contributed by atoms with van der Waals surface area (Å²) in [5, 5.41) is 1.72. The molecule has 0 amide bonds. The van der Waals surface area contributed by atoms with Crippen molar-refractivity contribution in [2.75, 3.05) is 24.5 Å². The maximum atomic E-state index is 5.54. The van der Waals surface area contributed by atoms with Crippen LogP contribution in [0.25, 0.3) is 0 Å². The number of benzene rings is 1. The minimum atomic E-state index is 0.668. The SMILES string of the molecule is CCON(C)c1ccc(N)cc1. The molecule has 0 aromatic heterocycles. The molecule has 0 aliphatic carbocycles. The molecule has 0 saturated heterocycles. The molecular weight excluding hydrogens is 152 g/mol. The van der Waals surface area contributed by atoms with E-state index in [0.29, 0.717) is 6.61 Å². The van der Waals surface area contributed by atoms with E-state index >= 15 is 0 Å². The summed E-state index contributed by atoms with van der Waals surface area (Å²) in [7, 11) is 1.87. The topological polar surface area (TPSA) is 38.5 Å². The second kappa shape index (κ2) is 3.97. The van der Waals surface area contributed by atoms with E-state index in [1.165, 1.54) is 0 Å². The Bertz CT molecular complexity index is 233. The van der Waals surface area contributed by atoms with Crippen LogP contribution in [0.4, 0.5) is 11.4 Å². The minimum absolute atomic E-state index is 0.668. The van der Waals surface area contributed by atoms with E-state index in [2.05, 4.69) is 0 Å². The Morgan fingerprint density at radius 2 is 1.92 bits per heavy atom. The van der Waals surface area contributed by atoms with Crippen LogP contribution in [0.2, 0.25) is 0 Å². The lowest BCUT2D eigenvalue weighted by Crippen LogP contribution is -2.17. The number of nitrogen functional groups attached to an aromatic ring is 1. The zero-order valence-corrected chi connectivity index (χ0v) is 7.45. The highest BCUT2D eigenvalue weighted by molar-refractivity contribution is 5.51. The fourth-order valence-electron chi connectivity index (χ4n) is 0.952. The van der Waals surface area contributed by atoms with Crippen molar-refractivity contribution < 1.29 is 4.84 Å². The molecular formula is C9H14N2O. The zero-order valence-electron chi connectivity index (χ0n) is 7.45. The lowest BCUT2D eigenvalue weighted by atomic mass is 10.3. The Kier molecular flexibility index (Phi) is 2.94. The maximum absolute atomic E-state index is 5.54. The molecule has 1 aromatic rings. The second-order valence-corrected chi connectivity index (χ2v) is 2.51. The van der Waals surface area contributed by atoms with E-state index in [1.54, 1.807) is 5.06 Å². The number of anilines is 2. The molecule has 1 rings (SSSR count). The van der Waals surface area contributed by atoms with E-state index in [9.17, 15) is 0 Å². The molecule has 0 atom stereocenters. The van der Waals surface area contributed by atoms with Gasteiger partial charge in [-0.2, -0.15) is 0 Å². The molecule has 0 aliphatic heterocycles. The van der Waals surface area contributed by atoms with E-state index in [-0.39, 0.29) is 0 Å². The third kappa shape index (κ3) is 2.13. The minimum Gasteiger partial charge on any atom is -0.399 e. The van der Waals surface area contributed by atoms with Gasteiger partial charge in [0.15, 0.2) is 0 Å². The number of nitrogens with two attached hydrogens (primary N) is 1. The number of hydroxylamine groups is 1. The van der Waals surface area contributed by atoms with Crippen molar-refractivity contribution in [2.45, 2.75) is 6.92 Å². The molecule has 1 aromatic carbocycles. The largest absolute Gasteiger partial charge is 0.399 e. The molecule has 0 saturated carbocycles. The van der Waals surface area contributed by atoms with Crippen LogP contribution in [0.5, 0.6) is 0 Å².